The molecule has 0 amide bonds. The maximum Gasteiger partial charge on any atom is 0.199 e. The van der Waals surface area contributed by atoms with E-state index in [4.69, 9.17) is 4.42 Å². The first-order chi connectivity index (χ1) is 11.8. The van der Waals surface area contributed by atoms with Crippen molar-refractivity contribution in [3.05, 3.63) is 94.3 Å². The summed E-state index contributed by atoms with van der Waals surface area (Å²) in [5.41, 5.74) is 0.398. The lowest BCUT2D eigenvalue weighted by atomic mass is 10.0. The Labute approximate surface area is 141 Å². The molecule has 0 bridgehead atoms. The number of benzene rings is 2. The van der Waals surface area contributed by atoms with Crippen LogP contribution in [0.15, 0.2) is 82.2 Å². The number of furan rings is 1. The summed E-state index contributed by atoms with van der Waals surface area (Å²) in [7, 11) is 0. The first-order valence-corrected chi connectivity index (χ1v) is 8.27. The number of hydrogen-bond donors (Lipinski definition) is 0. The van der Waals surface area contributed by atoms with Gasteiger partial charge in [0.15, 0.2) is 11.2 Å². The molecule has 0 N–H and O–H groups in total. The smallest absolute Gasteiger partial charge is 0.199 e. The predicted octanol–water partition coefficient (Wildman–Crippen LogP) is 4.75. The number of carbonyl (C=O) groups is 1. The summed E-state index contributed by atoms with van der Waals surface area (Å²) in [6, 6.07) is 19.7. The van der Waals surface area contributed by atoms with E-state index in [9.17, 15) is 9.59 Å². The van der Waals surface area contributed by atoms with Crippen molar-refractivity contribution in [1.29, 1.82) is 0 Å². The van der Waals surface area contributed by atoms with Gasteiger partial charge in [0.2, 0.25) is 0 Å². The topological polar surface area (TPSA) is 47.3 Å². The maximum absolute atomic E-state index is 13.0. The molecule has 4 heteroatoms. The second-order valence-electron chi connectivity index (χ2n) is 5.30. The van der Waals surface area contributed by atoms with Gasteiger partial charge in [-0.2, -0.15) is 0 Å². The Kier molecular flexibility index (Phi) is 3.59. The molecule has 0 saturated heterocycles. The van der Waals surface area contributed by atoms with Gasteiger partial charge in [0.05, 0.1) is 16.7 Å². The quantitative estimate of drug-likeness (QED) is 0.509. The van der Waals surface area contributed by atoms with Crippen LogP contribution in [0.4, 0.5) is 0 Å². The third-order valence-electron chi connectivity index (χ3n) is 3.81. The Hall–Kier alpha value is -2.98. The van der Waals surface area contributed by atoms with Crippen LogP contribution in [0.5, 0.6) is 0 Å². The van der Waals surface area contributed by atoms with Gasteiger partial charge in [-0.25, -0.2) is 0 Å². The molecule has 0 atom stereocenters. The highest BCUT2D eigenvalue weighted by Crippen LogP contribution is 2.32. The molecular formula is C20H12O3S. The van der Waals surface area contributed by atoms with E-state index < -0.39 is 0 Å². The highest BCUT2D eigenvalue weighted by Gasteiger charge is 2.22. The summed E-state index contributed by atoms with van der Waals surface area (Å²) >= 11 is 1.39. The molecule has 0 aliphatic heterocycles. The Morgan fingerprint density at radius 2 is 1.62 bits per heavy atom. The van der Waals surface area contributed by atoms with Crippen LogP contribution in [0.1, 0.15) is 15.9 Å². The van der Waals surface area contributed by atoms with Gasteiger partial charge >= 0.3 is 0 Å². The van der Waals surface area contributed by atoms with Crippen molar-refractivity contribution < 1.29 is 9.21 Å². The summed E-state index contributed by atoms with van der Waals surface area (Å²) in [6.45, 7) is 0. The lowest BCUT2D eigenvalue weighted by Gasteiger charge is -2.08. The molecule has 0 saturated carbocycles. The normalized spacial score (nSPS) is 10.8. The van der Waals surface area contributed by atoms with E-state index in [0.29, 0.717) is 21.6 Å². The Morgan fingerprint density at radius 3 is 2.38 bits per heavy atom. The number of ketones is 1. The summed E-state index contributed by atoms with van der Waals surface area (Å²) in [5.74, 6) is 0.246. The molecule has 0 unspecified atom stereocenters. The first kappa shape index (κ1) is 14.6. The third kappa shape index (κ3) is 2.37. The number of fused-ring (bicyclic) bond motifs is 1. The molecule has 4 rings (SSSR count). The van der Waals surface area contributed by atoms with Gasteiger partial charge in [0, 0.05) is 15.6 Å². The van der Waals surface area contributed by atoms with E-state index in [1.807, 2.05) is 18.2 Å². The summed E-state index contributed by atoms with van der Waals surface area (Å²) in [5, 5.41) is 0.553. The second-order valence-corrected chi connectivity index (χ2v) is 6.36. The number of rotatable bonds is 3. The molecule has 0 aliphatic rings. The zero-order valence-electron chi connectivity index (χ0n) is 12.6. The van der Waals surface area contributed by atoms with Crippen molar-refractivity contribution in [3.8, 4) is 10.6 Å². The average Bonchev–Trinajstić information content (AvgIpc) is 3.16. The highest BCUT2D eigenvalue weighted by molar-refractivity contribution is 7.21. The maximum atomic E-state index is 13.0. The fourth-order valence-electron chi connectivity index (χ4n) is 2.66. The third-order valence-corrected chi connectivity index (χ3v) is 4.99. The highest BCUT2D eigenvalue weighted by atomic mass is 32.1. The van der Waals surface area contributed by atoms with E-state index in [0.717, 1.165) is 4.70 Å². The van der Waals surface area contributed by atoms with Gasteiger partial charge in [0.1, 0.15) is 5.76 Å². The fourth-order valence-corrected chi connectivity index (χ4v) is 3.80. The van der Waals surface area contributed by atoms with Gasteiger partial charge in [-0.15, -0.1) is 11.3 Å². The van der Waals surface area contributed by atoms with Crippen molar-refractivity contribution in [2.45, 2.75) is 0 Å². The van der Waals surface area contributed by atoms with E-state index in [2.05, 4.69) is 0 Å². The monoisotopic (exact) mass is 332 g/mol. The fraction of sp³-hybridized carbons (Fsp3) is 0. The molecule has 116 valence electrons. The van der Waals surface area contributed by atoms with Crippen LogP contribution in [0, 0.1) is 0 Å². The van der Waals surface area contributed by atoms with E-state index >= 15 is 0 Å². The van der Waals surface area contributed by atoms with Gasteiger partial charge < -0.3 is 4.42 Å². The standard InChI is InChI=1S/C20H12O3S/c21-18(13-7-2-1-3-8-13)17-19(22)14-9-4-5-11-16(14)24-20(17)15-10-6-12-23-15/h1-12H. The minimum Gasteiger partial charge on any atom is -0.463 e. The van der Waals surface area contributed by atoms with Crippen LogP contribution in [0.25, 0.3) is 20.7 Å². The molecule has 0 fully saturated rings. The van der Waals surface area contributed by atoms with Crippen LogP contribution in [0.3, 0.4) is 0 Å². The minimum absolute atomic E-state index is 0.167. The molecule has 2 aromatic heterocycles. The van der Waals surface area contributed by atoms with Gasteiger partial charge in [-0.1, -0.05) is 42.5 Å². The van der Waals surface area contributed by atoms with Crippen molar-refractivity contribution in [2.75, 3.05) is 0 Å². The molecule has 24 heavy (non-hydrogen) atoms. The number of carbonyl (C=O) groups excluding carboxylic acids is 1. The SMILES string of the molecule is O=C(c1ccccc1)c1c(-c2ccco2)sc2ccccc2c1=O. The Morgan fingerprint density at radius 1 is 0.875 bits per heavy atom. The lowest BCUT2D eigenvalue weighted by Crippen LogP contribution is -2.17. The van der Waals surface area contributed by atoms with Crippen LogP contribution in [-0.2, 0) is 0 Å². The number of hydrogen-bond acceptors (Lipinski definition) is 4. The van der Waals surface area contributed by atoms with Crippen molar-refractivity contribution in [2.24, 2.45) is 0 Å². The largest absolute Gasteiger partial charge is 0.463 e. The van der Waals surface area contributed by atoms with Gasteiger partial charge in [-0.05, 0) is 24.3 Å². The minimum atomic E-state index is -0.283. The molecule has 0 aliphatic carbocycles. The van der Waals surface area contributed by atoms with Gasteiger partial charge in [0.25, 0.3) is 0 Å². The zero-order chi connectivity index (χ0) is 16.5. The van der Waals surface area contributed by atoms with E-state index in [1.165, 1.54) is 11.3 Å². The molecule has 3 nitrogen and oxygen atoms in total. The molecular weight excluding hydrogens is 320 g/mol. The summed E-state index contributed by atoms with van der Waals surface area (Å²) in [6.07, 6.45) is 1.54. The summed E-state index contributed by atoms with van der Waals surface area (Å²) in [4.78, 5) is 26.6. The lowest BCUT2D eigenvalue weighted by molar-refractivity contribution is 0.103. The van der Waals surface area contributed by atoms with Crippen LogP contribution in [-0.4, -0.2) is 5.78 Å². The molecule has 0 radical (unpaired) electrons. The first-order valence-electron chi connectivity index (χ1n) is 7.45. The summed E-state index contributed by atoms with van der Waals surface area (Å²) < 4.78 is 6.30. The molecule has 2 heterocycles. The van der Waals surface area contributed by atoms with E-state index in [1.54, 1.807) is 54.8 Å². The van der Waals surface area contributed by atoms with Crippen LogP contribution >= 0.6 is 11.3 Å². The van der Waals surface area contributed by atoms with E-state index in [-0.39, 0.29) is 16.8 Å². The molecule has 2 aromatic carbocycles. The Balaban J connectivity index is 2.06. The van der Waals surface area contributed by atoms with Gasteiger partial charge in [-0.3, -0.25) is 9.59 Å². The van der Waals surface area contributed by atoms with Crippen LogP contribution < -0.4 is 5.43 Å². The van der Waals surface area contributed by atoms with Crippen molar-refractivity contribution >= 4 is 27.2 Å². The Bertz CT molecular complexity index is 1080. The molecule has 4 aromatic rings. The average molecular weight is 332 g/mol. The zero-order valence-corrected chi connectivity index (χ0v) is 13.4. The molecule has 0 spiro atoms. The van der Waals surface area contributed by atoms with Crippen molar-refractivity contribution in [3.63, 3.8) is 0 Å². The van der Waals surface area contributed by atoms with Crippen molar-refractivity contribution in [1.82, 2.24) is 0 Å². The predicted molar refractivity (Wildman–Crippen MR) is 95.7 cm³/mol. The van der Waals surface area contributed by atoms with Crippen LogP contribution in [0.2, 0.25) is 0 Å². The second kappa shape index (κ2) is 5.91.